The van der Waals surface area contributed by atoms with E-state index in [1.807, 2.05) is 0 Å². The van der Waals surface area contributed by atoms with Gasteiger partial charge in [0.1, 0.15) is 0 Å². The van der Waals surface area contributed by atoms with Crippen LogP contribution in [0.1, 0.15) is 13.3 Å². The molecule has 0 aromatic heterocycles. The average molecular weight is 306 g/mol. The minimum atomic E-state index is -3.14. The van der Waals surface area contributed by atoms with E-state index in [0.717, 1.165) is 17.4 Å². The molecule has 1 aromatic carbocycles. The fourth-order valence-electron chi connectivity index (χ4n) is 1.27. The lowest BCUT2D eigenvalue weighted by molar-refractivity contribution is 0.590. The third-order valence-electron chi connectivity index (χ3n) is 2.15. The molecule has 0 heterocycles. The molecule has 90 valence electrons. The van der Waals surface area contributed by atoms with E-state index >= 15 is 0 Å². The quantitative estimate of drug-likeness (QED) is 0.820. The largest absolute Gasteiger partial charge is 0.316 e. The van der Waals surface area contributed by atoms with Gasteiger partial charge in [-0.25, -0.2) is 8.42 Å². The summed E-state index contributed by atoms with van der Waals surface area (Å²) in [7, 11) is -3.14. The van der Waals surface area contributed by atoms with E-state index in [9.17, 15) is 8.42 Å². The van der Waals surface area contributed by atoms with Gasteiger partial charge >= 0.3 is 0 Å². The summed E-state index contributed by atoms with van der Waals surface area (Å²) >= 11 is 3.28. The van der Waals surface area contributed by atoms with Crippen molar-refractivity contribution in [3.05, 3.63) is 28.7 Å². The van der Waals surface area contributed by atoms with Crippen molar-refractivity contribution in [1.29, 1.82) is 0 Å². The maximum atomic E-state index is 11.9. The van der Waals surface area contributed by atoms with Gasteiger partial charge in [-0.3, -0.25) is 0 Å². The second kappa shape index (κ2) is 6.37. The molecule has 3 nitrogen and oxygen atoms in total. The summed E-state index contributed by atoms with van der Waals surface area (Å²) in [6.45, 7) is 3.41. The van der Waals surface area contributed by atoms with Crippen LogP contribution in [0.3, 0.4) is 0 Å². The van der Waals surface area contributed by atoms with Crippen LogP contribution in [0.4, 0.5) is 0 Å². The lowest BCUT2D eigenvalue weighted by Gasteiger charge is -2.05. The minimum absolute atomic E-state index is 0.147. The van der Waals surface area contributed by atoms with Gasteiger partial charge in [0.05, 0.1) is 10.6 Å². The van der Waals surface area contributed by atoms with E-state index in [4.69, 9.17) is 0 Å². The van der Waals surface area contributed by atoms with E-state index in [-0.39, 0.29) is 5.75 Å². The zero-order valence-electron chi connectivity index (χ0n) is 9.24. The number of hydrogen-bond donors (Lipinski definition) is 1. The summed E-state index contributed by atoms with van der Waals surface area (Å²) in [6.07, 6.45) is 1.01. The average Bonchev–Trinajstić information content (AvgIpc) is 2.25. The molecule has 0 fully saturated rings. The van der Waals surface area contributed by atoms with Crippen LogP contribution in [0.25, 0.3) is 0 Å². The van der Waals surface area contributed by atoms with Crippen LogP contribution in [0, 0.1) is 0 Å². The number of sulfone groups is 1. The molecule has 0 aliphatic carbocycles. The molecule has 16 heavy (non-hydrogen) atoms. The number of nitrogens with one attached hydrogen (secondary N) is 1. The highest BCUT2D eigenvalue weighted by Crippen LogP contribution is 2.15. The topological polar surface area (TPSA) is 46.2 Å². The molecule has 0 atom stereocenters. The van der Waals surface area contributed by atoms with Crippen LogP contribution >= 0.6 is 15.9 Å². The third kappa shape index (κ3) is 4.23. The molecule has 0 bridgehead atoms. The molecule has 1 rings (SSSR count). The summed E-state index contributed by atoms with van der Waals surface area (Å²) in [5.41, 5.74) is 0. The normalized spacial score (nSPS) is 11.6. The molecule has 0 aliphatic rings. The highest BCUT2D eigenvalue weighted by atomic mass is 79.9. The first-order valence-electron chi connectivity index (χ1n) is 5.25. The Morgan fingerprint density at radius 2 is 1.81 bits per heavy atom. The van der Waals surface area contributed by atoms with Crippen LogP contribution in [0.15, 0.2) is 33.6 Å². The summed E-state index contributed by atoms with van der Waals surface area (Å²) in [5, 5.41) is 3.08. The van der Waals surface area contributed by atoms with Crippen molar-refractivity contribution < 1.29 is 8.42 Å². The first-order valence-corrected chi connectivity index (χ1v) is 7.70. The van der Waals surface area contributed by atoms with Crippen molar-refractivity contribution >= 4 is 25.8 Å². The fraction of sp³-hybridized carbons (Fsp3) is 0.455. The van der Waals surface area contributed by atoms with Gasteiger partial charge in [0, 0.05) is 11.0 Å². The number of hydrogen-bond acceptors (Lipinski definition) is 3. The third-order valence-corrected chi connectivity index (χ3v) is 4.41. The molecule has 0 unspecified atom stereocenters. The van der Waals surface area contributed by atoms with Gasteiger partial charge in [0.25, 0.3) is 0 Å². The predicted octanol–water partition coefficient (Wildman–Crippen LogP) is 2.22. The highest BCUT2D eigenvalue weighted by molar-refractivity contribution is 9.10. The SMILES string of the molecule is CCCNCCS(=O)(=O)c1ccc(Br)cc1. The molecule has 0 spiro atoms. The first kappa shape index (κ1) is 13.7. The zero-order valence-corrected chi connectivity index (χ0v) is 11.6. The number of rotatable bonds is 6. The molecule has 5 heteroatoms. The molecule has 0 saturated heterocycles. The zero-order chi connectivity index (χ0) is 12.0. The van der Waals surface area contributed by atoms with E-state index < -0.39 is 9.84 Å². The monoisotopic (exact) mass is 305 g/mol. The van der Waals surface area contributed by atoms with Crippen LogP contribution in [0.5, 0.6) is 0 Å². The lowest BCUT2D eigenvalue weighted by atomic mass is 10.4. The second-order valence-electron chi connectivity index (χ2n) is 3.52. The van der Waals surface area contributed by atoms with Crippen molar-refractivity contribution in [3.8, 4) is 0 Å². The molecular formula is C11H16BrNO2S. The first-order chi connectivity index (χ1) is 7.56. The maximum Gasteiger partial charge on any atom is 0.179 e. The van der Waals surface area contributed by atoms with Crippen molar-refractivity contribution in [2.45, 2.75) is 18.2 Å². The van der Waals surface area contributed by atoms with Crippen molar-refractivity contribution in [3.63, 3.8) is 0 Å². The van der Waals surface area contributed by atoms with Crippen molar-refractivity contribution in [2.75, 3.05) is 18.8 Å². The van der Waals surface area contributed by atoms with Crippen LogP contribution in [-0.4, -0.2) is 27.3 Å². The summed E-state index contributed by atoms with van der Waals surface area (Å²) in [4.78, 5) is 0.383. The van der Waals surface area contributed by atoms with Gasteiger partial charge < -0.3 is 5.32 Å². The maximum absolute atomic E-state index is 11.9. The van der Waals surface area contributed by atoms with Crippen LogP contribution < -0.4 is 5.32 Å². The summed E-state index contributed by atoms with van der Waals surface area (Å²) < 4.78 is 24.6. The van der Waals surface area contributed by atoms with Gasteiger partial charge in [0.2, 0.25) is 0 Å². The smallest absolute Gasteiger partial charge is 0.179 e. The molecule has 1 aromatic rings. The van der Waals surface area contributed by atoms with Crippen LogP contribution in [-0.2, 0) is 9.84 Å². The standard InChI is InChI=1S/C11H16BrNO2S/c1-2-7-13-8-9-16(14,15)11-5-3-10(12)4-6-11/h3-6,13H,2,7-9H2,1H3. The molecule has 0 radical (unpaired) electrons. The Labute approximate surface area is 105 Å². The highest BCUT2D eigenvalue weighted by Gasteiger charge is 2.13. The Kier molecular flexibility index (Phi) is 5.44. The Morgan fingerprint density at radius 1 is 1.19 bits per heavy atom. The Hall–Kier alpha value is -0.390. The molecule has 0 aliphatic heterocycles. The van der Waals surface area contributed by atoms with Gasteiger partial charge in [-0.2, -0.15) is 0 Å². The molecule has 1 N–H and O–H groups in total. The van der Waals surface area contributed by atoms with Gasteiger partial charge in [-0.15, -0.1) is 0 Å². The van der Waals surface area contributed by atoms with E-state index in [1.54, 1.807) is 24.3 Å². The lowest BCUT2D eigenvalue weighted by Crippen LogP contribution is -2.23. The summed E-state index contributed by atoms with van der Waals surface area (Å²) in [5.74, 6) is 0.147. The molecular weight excluding hydrogens is 290 g/mol. The second-order valence-corrected chi connectivity index (χ2v) is 6.55. The summed E-state index contributed by atoms with van der Waals surface area (Å²) in [6, 6.07) is 6.73. The van der Waals surface area contributed by atoms with E-state index in [1.165, 1.54) is 0 Å². The fourth-order valence-corrected chi connectivity index (χ4v) is 2.73. The van der Waals surface area contributed by atoms with E-state index in [0.29, 0.717) is 11.4 Å². The molecule has 0 saturated carbocycles. The van der Waals surface area contributed by atoms with E-state index in [2.05, 4.69) is 28.2 Å². The van der Waals surface area contributed by atoms with Crippen LogP contribution in [0.2, 0.25) is 0 Å². The van der Waals surface area contributed by atoms with Gasteiger partial charge in [-0.1, -0.05) is 22.9 Å². The number of halogens is 1. The van der Waals surface area contributed by atoms with Crippen molar-refractivity contribution in [1.82, 2.24) is 5.32 Å². The predicted molar refractivity (Wildman–Crippen MR) is 69.4 cm³/mol. The van der Waals surface area contributed by atoms with Gasteiger partial charge in [0.15, 0.2) is 9.84 Å². The molecule has 0 amide bonds. The van der Waals surface area contributed by atoms with Gasteiger partial charge in [-0.05, 0) is 37.2 Å². The van der Waals surface area contributed by atoms with Crippen molar-refractivity contribution in [2.24, 2.45) is 0 Å². The Balaban J connectivity index is 2.60. The number of benzene rings is 1. The Bertz CT molecular complexity index is 414. The Morgan fingerprint density at radius 3 is 2.38 bits per heavy atom. The minimum Gasteiger partial charge on any atom is -0.316 e.